The zero-order valence-electron chi connectivity index (χ0n) is 27.3. The van der Waals surface area contributed by atoms with E-state index in [1.54, 1.807) is 29.3 Å². The standard InChI is InChI=1S/C30H42N7O9P/c1-14(2)24-17-11-36-13-37(28-26(36)29(40)35-30(31)34-28)22-10-20(21(44-22)12-42-15(3)4)46-47(41,45-16(5)6)43-8-7-32-18-9-19(38)25(33-24)23(17)27(18)39/h9,13-16,20-22,32-33H,7-8,10-12H2,1-6H3,(H4-,31,34,35,38,39,40)/p+1/t20-,21-,22?,47?/m1/s1. The van der Waals surface area contributed by atoms with Crippen LogP contribution in [0.5, 0.6) is 11.5 Å². The fourth-order valence-corrected chi connectivity index (χ4v) is 7.72. The van der Waals surface area contributed by atoms with Crippen LogP contribution < -0.4 is 21.2 Å². The second-order valence-corrected chi connectivity index (χ2v) is 14.3. The molecule has 6 bridgehead atoms. The summed E-state index contributed by atoms with van der Waals surface area (Å²) in [5.74, 6) is -0.333. The second kappa shape index (κ2) is 12.7. The van der Waals surface area contributed by atoms with Gasteiger partial charge in [-0.2, -0.15) is 0 Å². The number of aromatic amines is 2. The van der Waals surface area contributed by atoms with Crippen molar-refractivity contribution in [3.05, 3.63) is 34.0 Å². The largest absolute Gasteiger partial charge is 0.506 e. The molecule has 0 spiro atoms. The molecule has 4 aromatic rings. The van der Waals surface area contributed by atoms with Crippen molar-refractivity contribution in [3.63, 3.8) is 0 Å². The molecule has 256 valence electrons. The van der Waals surface area contributed by atoms with Gasteiger partial charge in [0.15, 0.2) is 12.6 Å². The Morgan fingerprint density at radius 1 is 1.19 bits per heavy atom. The number of nitrogens with one attached hydrogen (secondary N) is 3. The van der Waals surface area contributed by atoms with Crippen molar-refractivity contribution in [1.82, 2.24) is 19.5 Å². The smallest absolute Gasteiger partial charge is 0.475 e. The Labute approximate surface area is 270 Å². The third kappa shape index (κ3) is 6.45. The molecule has 5 heterocycles. The minimum atomic E-state index is -4.16. The molecule has 17 heteroatoms. The minimum absolute atomic E-state index is 0.0380. The van der Waals surface area contributed by atoms with E-state index in [-0.39, 0.29) is 79.0 Å². The van der Waals surface area contributed by atoms with Gasteiger partial charge in [0.2, 0.25) is 5.52 Å². The van der Waals surface area contributed by atoms with Crippen molar-refractivity contribution >= 4 is 41.5 Å². The zero-order valence-corrected chi connectivity index (χ0v) is 28.2. The third-order valence-electron chi connectivity index (χ3n) is 8.12. The number of nitrogens with two attached hydrogens (primary N) is 1. The molecule has 2 unspecified atom stereocenters. The van der Waals surface area contributed by atoms with Crippen LogP contribution in [0.3, 0.4) is 0 Å². The van der Waals surface area contributed by atoms with Crippen LogP contribution in [-0.2, 0) is 34.2 Å². The first-order valence-electron chi connectivity index (χ1n) is 15.8. The summed E-state index contributed by atoms with van der Waals surface area (Å²) >= 11 is 0. The van der Waals surface area contributed by atoms with Gasteiger partial charge in [0.05, 0.1) is 48.6 Å². The van der Waals surface area contributed by atoms with Gasteiger partial charge in [0.25, 0.3) is 11.5 Å². The third-order valence-corrected chi connectivity index (χ3v) is 9.83. The monoisotopic (exact) mass is 676 g/mol. The number of phosphoric acid groups is 1. The zero-order chi connectivity index (χ0) is 33.8. The predicted octanol–water partition coefficient (Wildman–Crippen LogP) is 3.73. The number of H-pyrrole nitrogens is 2. The summed E-state index contributed by atoms with van der Waals surface area (Å²) in [6, 6.07) is 1.41. The molecule has 2 aliphatic rings. The first-order chi connectivity index (χ1) is 22.2. The number of anilines is 2. The summed E-state index contributed by atoms with van der Waals surface area (Å²) in [7, 11) is -4.16. The van der Waals surface area contributed by atoms with Gasteiger partial charge in [-0.25, -0.2) is 9.13 Å². The average molecular weight is 677 g/mol. The normalized spacial score (nSPS) is 23.8. The minimum Gasteiger partial charge on any atom is -0.506 e. The average Bonchev–Trinajstić information content (AvgIpc) is 3.66. The first-order valence-corrected chi connectivity index (χ1v) is 17.2. The molecule has 1 saturated heterocycles. The number of ether oxygens (including phenoxy) is 2. The number of imidazole rings is 1. The van der Waals surface area contributed by atoms with Gasteiger partial charge in [-0.05, 0) is 33.6 Å². The van der Waals surface area contributed by atoms with Gasteiger partial charge in [-0.1, -0.05) is 18.8 Å². The molecule has 0 amide bonds. The van der Waals surface area contributed by atoms with Crippen LogP contribution in [0.15, 0.2) is 17.2 Å². The number of aromatic nitrogens is 5. The number of nitrogens with zero attached hydrogens (tertiary/aromatic N) is 3. The van der Waals surface area contributed by atoms with Crippen LogP contribution in [0.1, 0.15) is 71.4 Å². The number of phenolic OH excluding ortho intramolecular Hbond substituents is 2. The molecule has 3 aromatic heterocycles. The molecule has 2 aliphatic heterocycles. The number of hydrogen-bond acceptors (Lipinski definition) is 12. The number of hydrogen-bond donors (Lipinski definition) is 6. The molecule has 0 aliphatic carbocycles. The summed E-state index contributed by atoms with van der Waals surface area (Å²) in [5.41, 5.74) is 8.01. The fraction of sp³-hybridized carbons (Fsp3) is 0.567. The van der Waals surface area contributed by atoms with Crippen LogP contribution in [0, 0.1) is 0 Å². The lowest BCUT2D eigenvalue weighted by atomic mass is 10.0. The Bertz CT molecular complexity index is 1900. The molecule has 6 rings (SSSR count). The molecule has 4 atom stereocenters. The molecular weight excluding hydrogens is 633 g/mol. The maximum Gasteiger partial charge on any atom is 0.475 e. The van der Waals surface area contributed by atoms with E-state index in [1.165, 1.54) is 6.07 Å². The summed E-state index contributed by atoms with van der Waals surface area (Å²) < 4.78 is 47.4. The second-order valence-electron chi connectivity index (χ2n) is 12.7. The van der Waals surface area contributed by atoms with Gasteiger partial charge in [-0.15, -0.1) is 0 Å². The number of fused-ring (bicyclic) bond motifs is 9. The number of nitrogen functional groups attached to an aromatic ring is 1. The summed E-state index contributed by atoms with van der Waals surface area (Å²) in [4.78, 5) is 23.8. The quantitative estimate of drug-likeness (QED) is 0.0747. The Morgan fingerprint density at radius 3 is 2.66 bits per heavy atom. The fourth-order valence-electron chi connectivity index (χ4n) is 6.16. The van der Waals surface area contributed by atoms with Crippen molar-refractivity contribution < 1.29 is 42.4 Å². The number of benzene rings is 1. The summed E-state index contributed by atoms with van der Waals surface area (Å²) in [5, 5.41) is 26.0. The van der Waals surface area contributed by atoms with Gasteiger partial charge < -0.3 is 35.7 Å². The van der Waals surface area contributed by atoms with Gasteiger partial charge in [-0.3, -0.25) is 27.9 Å². The van der Waals surface area contributed by atoms with Gasteiger partial charge in [0, 0.05) is 30.3 Å². The highest BCUT2D eigenvalue weighted by molar-refractivity contribution is 7.48. The predicted molar refractivity (Wildman–Crippen MR) is 173 cm³/mol. The Morgan fingerprint density at radius 2 is 1.96 bits per heavy atom. The van der Waals surface area contributed by atoms with Crippen molar-refractivity contribution in [1.29, 1.82) is 0 Å². The highest BCUT2D eigenvalue weighted by atomic mass is 31.2. The lowest BCUT2D eigenvalue weighted by molar-refractivity contribution is -0.739. The Hall–Kier alpha value is -3.66. The summed E-state index contributed by atoms with van der Waals surface area (Å²) in [6.45, 7) is 11.4. The van der Waals surface area contributed by atoms with E-state index in [2.05, 4.69) is 20.3 Å². The van der Waals surface area contributed by atoms with Crippen LogP contribution >= 0.6 is 7.82 Å². The first kappa shape index (κ1) is 33.2. The maximum absolute atomic E-state index is 14.0. The highest BCUT2D eigenvalue weighted by Gasteiger charge is 2.46. The molecular formula is C30H43N7O9P+. The lowest BCUT2D eigenvalue weighted by Crippen LogP contribution is -2.40. The van der Waals surface area contributed by atoms with E-state index in [1.807, 2.05) is 27.7 Å². The van der Waals surface area contributed by atoms with Crippen molar-refractivity contribution in [2.75, 3.05) is 30.8 Å². The SMILES string of the molecule is CC(C)OC[C@H]1OC2C[C@H]1OP(=O)(OC(C)C)OCCNc1cc(O)c3[nH]c(C(C)C)c(c3c1O)Cn1c[n+]2c2nc(N)[nH]c(=O)c21. The molecule has 47 heavy (non-hydrogen) atoms. The van der Waals surface area contributed by atoms with Crippen LogP contribution in [-0.4, -0.2) is 73.9 Å². The molecule has 0 saturated carbocycles. The number of aromatic hydroxyl groups is 2. The Balaban J connectivity index is 1.56. The van der Waals surface area contributed by atoms with Gasteiger partial charge >= 0.3 is 13.5 Å². The molecule has 16 nitrogen and oxygen atoms in total. The molecule has 7 N–H and O–H groups in total. The summed E-state index contributed by atoms with van der Waals surface area (Å²) in [6.07, 6.45) is -0.915. The van der Waals surface area contributed by atoms with Crippen molar-refractivity contribution in [3.8, 4) is 11.5 Å². The molecule has 1 fully saturated rings. The van der Waals surface area contributed by atoms with E-state index < -0.39 is 37.9 Å². The van der Waals surface area contributed by atoms with E-state index in [0.717, 1.165) is 5.69 Å². The number of rotatable bonds is 6. The topological polar surface area (TPSA) is 212 Å². The van der Waals surface area contributed by atoms with Gasteiger partial charge in [0.1, 0.15) is 23.7 Å². The van der Waals surface area contributed by atoms with E-state index >= 15 is 0 Å². The van der Waals surface area contributed by atoms with E-state index in [0.29, 0.717) is 16.5 Å². The highest BCUT2D eigenvalue weighted by Crippen LogP contribution is 2.54. The Kier molecular flexibility index (Phi) is 9.02. The van der Waals surface area contributed by atoms with Crippen molar-refractivity contribution in [2.45, 2.75) is 91.1 Å². The lowest BCUT2D eigenvalue weighted by Gasteiger charge is -2.25. The number of phosphoric ester groups is 1. The van der Waals surface area contributed by atoms with Crippen LogP contribution in [0.2, 0.25) is 0 Å². The van der Waals surface area contributed by atoms with E-state index in [9.17, 15) is 19.6 Å². The van der Waals surface area contributed by atoms with Crippen LogP contribution in [0.25, 0.3) is 22.1 Å². The maximum atomic E-state index is 14.0. The molecule has 1 aromatic carbocycles. The van der Waals surface area contributed by atoms with Crippen LogP contribution in [0.4, 0.5) is 11.6 Å². The van der Waals surface area contributed by atoms with E-state index in [4.69, 9.17) is 28.8 Å². The number of phenols is 2. The van der Waals surface area contributed by atoms with Crippen molar-refractivity contribution in [2.24, 2.45) is 0 Å². The molecule has 0 radical (unpaired) electrons.